The zero-order valence-corrected chi connectivity index (χ0v) is 20.9. The lowest BCUT2D eigenvalue weighted by Gasteiger charge is -2.34. The van der Waals surface area contributed by atoms with E-state index in [1.807, 2.05) is 58.2 Å². The molecule has 184 valence electrons. The Morgan fingerprint density at radius 3 is 2.40 bits per heavy atom. The van der Waals surface area contributed by atoms with E-state index in [-0.39, 0.29) is 5.91 Å². The van der Waals surface area contributed by atoms with Crippen molar-refractivity contribution in [2.75, 3.05) is 45.9 Å². The number of likely N-dealkylation sites (tertiary alicyclic amines) is 1. The van der Waals surface area contributed by atoms with Crippen molar-refractivity contribution in [3.8, 4) is 11.3 Å². The number of carbonyl (C=O) groups excluding carboxylic acids is 1. The molecule has 0 bridgehead atoms. The minimum absolute atomic E-state index is 0.0703. The van der Waals surface area contributed by atoms with Crippen LogP contribution in [0.2, 0.25) is 5.02 Å². The third-order valence-corrected chi connectivity index (χ3v) is 7.41. The van der Waals surface area contributed by atoms with E-state index in [0.29, 0.717) is 23.0 Å². The Labute approximate surface area is 212 Å². The molecule has 0 saturated carbocycles. The Hall–Kier alpha value is -2.67. The van der Waals surface area contributed by atoms with Crippen LogP contribution in [0.5, 0.6) is 0 Å². The Kier molecular flexibility index (Phi) is 7.82. The molecule has 1 aromatic heterocycles. The van der Waals surface area contributed by atoms with Gasteiger partial charge in [-0.25, -0.2) is 0 Å². The minimum atomic E-state index is 0.0703. The molecule has 3 aromatic rings. The summed E-state index contributed by atoms with van der Waals surface area (Å²) in [5.41, 5.74) is 3.44. The molecular weight excluding hydrogens is 460 g/mol. The van der Waals surface area contributed by atoms with E-state index < -0.39 is 0 Å². The molecule has 2 aliphatic heterocycles. The van der Waals surface area contributed by atoms with Gasteiger partial charge in [0, 0.05) is 43.0 Å². The second-order valence-corrected chi connectivity index (χ2v) is 10.00. The highest BCUT2D eigenvalue weighted by atomic mass is 35.5. The summed E-state index contributed by atoms with van der Waals surface area (Å²) in [5.74, 6) is 0.749. The van der Waals surface area contributed by atoms with Gasteiger partial charge in [-0.2, -0.15) is 5.10 Å². The monoisotopic (exact) mass is 492 g/mol. The first-order chi connectivity index (χ1) is 17.2. The van der Waals surface area contributed by atoms with Crippen LogP contribution in [-0.4, -0.2) is 71.4 Å². The van der Waals surface area contributed by atoms with Gasteiger partial charge in [0.05, 0.1) is 25.3 Å². The van der Waals surface area contributed by atoms with Crippen molar-refractivity contribution in [2.24, 2.45) is 5.92 Å². The molecule has 0 spiro atoms. The number of ether oxygens (including phenoxy) is 1. The number of benzene rings is 2. The summed E-state index contributed by atoms with van der Waals surface area (Å²) >= 11 is 6.11. The molecule has 2 saturated heterocycles. The summed E-state index contributed by atoms with van der Waals surface area (Å²) in [6.07, 6.45) is 5.23. The molecular formula is C28H33ClN4O2. The maximum atomic E-state index is 13.7. The predicted octanol–water partition coefficient (Wildman–Crippen LogP) is 4.83. The topological polar surface area (TPSA) is 50.6 Å². The lowest BCUT2D eigenvalue weighted by atomic mass is 9.92. The largest absolute Gasteiger partial charge is 0.379 e. The first kappa shape index (κ1) is 24.0. The van der Waals surface area contributed by atoms with Crippen LogP contribution in [-0.2, 0) is 11.3 Å². The van der Waals surface area contributed by atoms with Crippen LogP contribution in [0.1, 0.15) is 35.2 Å². The Morgan fingerprint density at radius 1 is 0.971 bits per heavy atom. The van der Waals surface area contributed by atoms with E-state index in [1.165, 1.54) is 6.42 Å². The van der Waals surface area contributed by atoms with E-state index in [2.05, 4.69) is 17.0 Å². The molecule has 2 fully saturated rings. The molecule has 0 unspecified atom stereocenters. The molecule has 6 nitrogen and oxygen atoms in total. The van der Waals surface area contributed by atoms with Crippen LogP contribution < -0.4 is 0 Å². The maximum absolute atomic E-state index is 13.7. The summed E-state index contributed by atoms with van der Waals surface area (Å²) in [5, 5.41) is 5.50. The summed E-state index contributed by atoms with van der Waals surface area (Å²) < 4.78 is 7.33. The molecule has 0 radical (unpaired) electrons. The number of carbonyl (C=O) groups is 1. The van der Waals surface area contributed by atoms with E-state index in [1.54, 1.807) is 0 Å². The number of hydrogen-bond donors (Lipinski definition) is 0. The van der Waals surface area contributed by atoms with E-state index in [4.69, 9.17) is 21.4 Å². The van der Waals surface area contributed by atoms with Gasteiger partial charge in [-0.15, -0.1) is 0 Å². The van der Waals surface area contributed by atoms with Gasteiger partial charge in [0.2, 0.25) is 0 Å². The predicted molar refractivity (Wildman–Crippen MR) is 139 cm³/mol. The lowest BCUT2D eigenvalue weighted by molar-refractivity contribution is 0.0332. The van der Waals surface area contributed by atoms with Crippen molar-refractivity contribution in [1.29, 1.82) is 0 Å². The van der Waals surface area contributed by atoms with Gasteiger partial charge in [-0.3, -0.25) is 14.4 Å². The second-order valence-electron chi connectivity index (χ2n) is 9.56. The van der Waals surface area contributed by atoms with Gasteiger partial charge in [0.15, 0.2) is 0 Å². The van der Waals surface area contributed by atoms with E-state index in [9.17, 15) is 4.79 Å². The summed E-state index contributed by atoms with van der Waals surface area (Å²) in [7, 11) is 0. The van der Waals surface area contributed by atoms with Crippen LogP contribution in [0.4, 0.5) is 0 Å². The Morgan fingerprint density at radius 2 is 1.69 bits per heavy atom. The van der Waals surface area contributed by atoms with Crippen molar-refractivity contribution in [3.63, 3.8) is 0 Å². The SMILES string of the molecule is O=C(c1cn(Cc2ccccc2)nc1-c1ccc(Cl)cc1)N1CCC(CCN2CCOCC2)CC1. The van der Waals surface area contributed by atoms with Crippen molar-refractivity contribution >= 4 is 17.5 Å². The zero-order valence-electron chi connectivity index (χ0n) is 20.1. The minimum Gasteiger partial charge on any atom is -0.379 e. The lowest BCUT2D eigenvalue weighted by Crippen LogP contribution is -2.40. The standard InChI is InChI=1S/C28H33ClN4O2/c29-25-8-6-24(7-9-25)27-26(21-33(30-27)20-23-4-2-1-3-5-23)28(34)32-14-11-22(12-15-32)10-13-31-16-18-35-19-17-31/h1-9,21-22H,10-20H2. The van der Waals surface area contributed by atoms with Crippen LogP contribution in [0.15, 0.2) is 60.8 Å². The first-order valence-electron chi connectivity index (χ1n) is 12.6. The fraction of sp³-hybridized carbons (Fsp3) is 0.429. The van der Waals surface area contributed by atoms with Crippen molar-refractivity contribution < 1.29 is 9.53 Å². The third-order valence-electron chi connectivity index (χ3n) is 7.16. The molecule has 2 aromatic carbocycles. The highest BCUT2D eigenvalue weighted by Gasteiger charge is 2.27. The maximum Gasteiger partial charge on any atom is 0.257 e. The highest BCUT2D eigenvalue weighted by Crippen LogP contribution is 2.28. The molecule has 5 rings (SSSR count). The summed E-state index contributed by atoms with van der Waals surface area (Å²) in [6.45, 7) is 7.14. The fourth-order valence-corrected chi connectivity index (χ4v) is 5.16. The van der Waals surface area contributed by atoms with Gasteiger partial charge in [0.25, 0.3) is 5.91 Å². The van der Waals surface area contributed by atoms with Crippen LogP contribution in [0, 0.1) is 5.92 Å². The van der Waals surface area contributed by atoms with Crippen LogP contribution >= 0.6 is 11.6 Å². The Balaban J connectivity index is 1.27. The van der Waals surface area contributed by atoms with Crippen LogP contribution in [0.3, 0.4) is 0 Å². The van der Waals surface area contributed by atoms with E-state index >= 15 is 0 Å². The normalized spacial score (nSPS) is 17.6. The highest BCUT2D eigenvalue weighted by molar-refractivity contribution is 6.30. The smallest absolute Gasteiger partial charge is 0.257 e. The second kappa shape index (κ2) is 11.4. The van der Waals surface area contributed by atoms with Gasteiger partial charge >= 0.3 is 0 Å². The summed E-state index contributed by atoms with van der Waals surface area (Å²) in [6, 6.07) is 17.8. The average Bonchev–Trinajstić information content (AvgIpc) is 3.32. The van der Waals surface area contributed by atoms with Crippen molar-refractivity contribution in [1.82, 2.24) is 19.6 Å². The number of aromatic nitrogens is 2. The van der Waals surface area contributed by atoms with E-state index in [0.717, 1.165) is 75.6 Å². The van der Waals surface area contributed by atoms with Crippen molar-refractivity contribution in [2.45, 2.75) is 25.8 Å². The average molecular weight is 493 g/mol. The number of hydrogen-bond acceptors (Lipinski definition) is 4. The number of morpholine rings is 1. The number of amides is 1. The van der Waals surface area contributed by atoms with Gasteiger partial charge in [-0.1, -0.05) is 54.1 Å². The van der Waals surface area contributed by atoms with Crippen molar-refractivity contribution in [3.05, 3.63) is 76.9 Å². The number of rotatable bonds is 7. The Bertz CT molecular complexity index is 1100. The van der Waals surface area contributed by atoms with Crippen LogP contribution in [0.25, 0.3) is 11.3 Å². The molecule has 0 N–H and O–H groups in total. The number of piperidine rings is 1. The number of halogens is 1. The first-order valence-corrected chi connectivity index (χ1v) is 13.0. The van der Waals surface area contributed by atoms with Gasteiger partial charge in [0.1, 0.15) is 5.69 Å². The number of nitrogens with zero attached hydrogens (tertiary/aromatic N) is 4. The quantitative estimate of drug-likeness (QED) is 0.474. The third kappa shape index (κ3) is 6.13. The zero-order chi connectivity index (χ0) is 24.0. The molecule has 7 heteroatoms. The molecule has 2 aliphatic rings. The molecule has 1 amide bonds. The van der Waals surface area contributed by atoms with Gasteiger partial charge in [-0.05, 0) is 49.4 Å². The summed E-state index contributed by atoms with van der Waals surface area (Å²) in [4.78, 5) is 18.2. The molecule has 3 heterocycles. The van der Waals surface area contributed by atoms with Gasteiger partial charge < -0.3 is 9.64 Å². The fourth-order valence-electron chi connectivity index (χ4n) is 5.04. The molecule has 35 heavy (non-hydrogen) atoms. The molecule has 0 aliphatic carbocycles. The molecule has 0 atom stereocenters.